The van der Waals surface area contributed by atoms with E-state index in [9.17, 15) is 9.59 Å². The number of hydrogen-bond donors (Lipinski definition) is 2. The van der Waals surface area contributed by atoms with E-state index in [1.54, 1.807) is 14.1 Å². The monoisotopic (exact) mass is 199 g/mol. The number of carbonyl (C=O) groups is 2. The molecule has 0 aliphatic carbocycles. The molecular weight excluding hydrogens is 182 g/mol. The Hall–Kier alpha value is -1.10. The first kappa shape index (κ1) is 11.0. The summed E-state index contributed by atoms with van der Waals surface area (Å²) in [6, 6.07) is -0.0929. The van der Waals surface area contributed by atoms with Crippen LogP contribution in [0.25, 0.3) is 0 Å². The molecule has 0 aromatic carbocycles. The molecule has 1 aliphatic heterocycles. The number of nitrogens with one attached hydrogen (secondary N) is 2. The van der Waals surface area contributed by atoms with Gasteiger partial charge in [-0.15, -0.1) is 0 Å². The van der Waals surface area contributed by atoms with E-state index in [2.05, 4.69) is 10.6 Å². The summed E-state index contributed by atoms with van der Waals surface area (Å²) in [7, 11) is 3.21. The Bertz CT molecular complexity index is 224. The maximum absolute atomic E-state index is 11.7. The number of amides is 2. The minimum atomic E-state index is -0.140. The van der Waals surface area contributed by atoms with E-state index in [1.165, 1.54) is 4.90 Å². The van der Waals surface area contributed by atoms with E-state index < -0.39 is 0 Å². The quantitative estimate of drug-likeness (QED) is 0.609. The minimum absolute atomic E-state index is 0.00565. The second-order valence-electron chi connectivity index (χ2n) is 3.52. The standard InChI is InChI=1S/C9H17N3O2/c1-10-8(13)6-12(2)9(14)7-4-3-5-11-7/h7,11H,3-6H2,1-2H3,(H,10,13). The van der Waals surface area contributed by atoms with E-state index in [4.69, 9.17) is 0 Å². The van der Waals surface area contributed by atoms with Crippen LogP contribution in [0.4, 0.5) is 0 Å². The molecule has 14 heavy (non-hydrogen) atoms. The zero-order valence-corrected chi connectivity index (χ0v) is 8.67. The van der Waals surface area contributed by atoms with Gasteiger partial charge in [-0.2, -0.15) is 0 Å². The molecule has 1 atom stereocenters. The minimum Gasteiger partial charge on any atom is -0.358 e. The van der Waals surface area contributed by atoms with E-state index >= 15 is 0 Å². The van der Waals surface area contributed by atoms with Gasteiger partial charge in [0.15, 0.2) is 0 Å². The number of carbonyl (C=O) groups excluding carboxylic acids is 2. The lowest BCUT2D eigenvalue weighted by Crippen LogP contribution is -2.45. The first-order chi connectivity index (χ1) is 6.65. The zero-order chi connectivity index (χ0) is 10.6. The van der Waals surface area contributed by atoms with Crippen molar-refractivity contribution in [3.63, 3.8) is 0 Å². The maximum atomic E-state index is 11.7. The van der Waals surface area contributed by atoms with Gasteiger partial charge in [0.1, 0.15) is 0 Å². The van der Waals surface area contributed by atoms with Crippen molar-refractivity contribution in [1.82, 2.24) is 15.5 Å². The Morgan fingerprint density at radius 2 is 2.29 bits per heavy atom. The lowest BCUT2D eigenvalue weighted by Gasteiger charge is -2.20. The highest BCUT2D eigenvalue weighted by Gasteiger charge is 2.25. The molecule has 1 rings (SSSR count). The molecular formula is C9H17N3O2. The largest absolute Gasteiger partial charge is 0.358 e. The molecule has 1 unspecified atom stereocenters. The molecule has 0 bridgehead atoms. The fraction of sp³-hybridized carbons (Fsp3) is 0.778. The van der Waals surface area contributed by atoms with Gasteiger partial charge < -0.3 is 15.5 Å². The molecule has 0 spiro atoms. The third-order valence-electron chi connectivity index (χ3n) is 2.39. The highest BCUT2D eigenvalue weighted by molar-refractivity contribution is 5.87. The van der Waals surface area contributed by atoms with Crippen molar-refractivity contribution in [2.24, 2.45) is 0 Å². The van der Waals surface area contributed by atoms with E-state index in [1.807, 2.05) is 0 Å². The second kappa shape index (κ2) is 4.95. The molecule has 1 saturated heterocycles. The van der Waals surface area contributed by atoms with E-state index in [-0.39, 0.29) is 24.4 Å². The van der Waals surface area contributed by atoms with Crippen LogP contribution in [0, 0.1) is 0 Å². The predicted molar refractivity (Wildman–Crippen MR) is 52.7 cm³/mol. The van der Waals surface area contributed by atoms with Gasteiger partial charge in [-0.25, -0.2) is 0 Å². The highest BCUT2D eigenvalue weighted by atomic mass is 16.2. The third-order valence-corrected chi connectivity index (χ3v) is 2.39. The summed E-state index contributed by atoms with van der Waals surface area (Å²) in [5.74, 6) is -0.134. The predicted octanol–water partition coefficient (Wildman–Crippen LogP) is -1.06. The Labute approximate surface area is 83.8 Å². The number of rotatable bonds is 3. The molecule has 80 valence electrons. The van der Waals surface area contributed by atoms with Crippen LogP contribution in [0.1, 0.15) is 12.8 Å². The molecule has 0 saturated carbocycles. The Morgan fingerprint density at radius 3 is 2.79 bits per heavy atom. The van der Waals surface area contributed by atoms with Gasteiger partial charge in [0.2, 0.25) is 11.8 Å². The van der Waals surface area contributed by atoms with Crippen molar-refractivity contribution in [2.75, 3.05) is 27.2 Å². The molecule has 0 aromatic heterocycles. The first-order valence-electron chi connectivity index (χ1n) is 4.84. The van der Waals surface area contributed by atoms with Gasteiger partial charge in [0, 0.05) is 14.1 Å². The van der Waals surface area contributed by atoms with Crippen LogP contribution < -0.4 is 10.6 Å². The van der Waals surface area contributed by atoms with Crippen molar-refractivity contribution in [1.29, 1.82) is 0 Å². The molecule has 5 heteroatoms. The maximum Gasteiger partial charge on any atom is 0.239 e. The second-order valence-corrected chi connectivity index (χ2v) is 3.52. The van der Waals surface area contributed by atoms with Gasteiger partial charge in [-0.1, -0.05) is 0 Å². The van der Waals surface area contributed by atoms with Gasteiger partial charge in [0.25, 0.3) is 0 Å². The molecule has 2 amide bonds. The SMILES string of the molecule is CNC(=O)CN(C)C(=O)C1CCCN1. The van der Waals surface area contributed by atoms with E-state index in [0.717, 1.165) is 19.4 Å². The van der Waals surface area contributed by atoms with Crippen LogP contribution in [0.3, 0.4) is 0 Å². The van der Waals surface area contributed by atoms with Crippen molar-refractivity contribution >= 4 is 11.8 Å². The fourth-order valence-electron chi connectivity index (χ4n) is 1.53. The Kier molecular flexibility index (Phi) is 3.88. The normalized spacial score (nSPS) is 20.6. The van der Waals surface area contributed by atoms with Crippen LogP contribution in [0.15, 0.2) is 0 Å². The Balaban J connectivity index is 2.39. The number of nitrogens with zero attached hydrogens (tertiary/aromatic N) is 1. The van der Waals surface area contributed by atoms with Crippen LogP contribution >= 0.6 is 0 Å². The molecule has 1 aliphatic rings. The van der Waals surface area contributed by atoms with Gasteiger partial charge in [-0.05, 0) is 19.4 Å². The average molecular weight is 199 g/mol. The summed E-state index contributed by atoms with van der Waals surface area (Å²) in [6.45, 7) is 1.03. The molecule has 2 N–H and O–H groups in total. The molecule has 5 nitrogen and oxygen atoms in total. The van der Waals surface area contributed by atoms with Crippen molar-refractivity contribution < 1.29 is 9.59 Å². The van der Waals surface area contributed by atoms with Crippen LogP contribution in [-0.4, -0.2) is 49.9 Å². The topological polar surface area (TPSA) is 61.4 Å². The van der Waals surface area contributed by atoms with E-state index in [0.29, 0.717) is 0 Å². The fourth-order valence-corrected chi connectivity index (χ4v) is 1.53. The van der Waals surface area contributed by atoms with Crippen LogP contribution in [0.2, 0.25) is 0 Å². The smallest absolute Gasteiger partial charge is 0.239 e. The molecule has 1 fully saturated rings. The molecule has 1 heterocycles. The summed E-state index contributed by atoms with van der Waals surface area (Å²) in [4.78, 5) is 24.2. The summed E-state index contributed by atoms with van der Waals surface area (Å²) in [5.41, 5.74) is 0. The summed E-state index contributed by atoms with van der Waals surface area (Å²) >= 11 is 0. The molecule has 0 radical (unpaired) electrons. The van der Waals surface area contributed by atoms with Crippen LogP contribution in [-0.2, 0) is 9.59 Å². The number of likely N-dealkylation sites (N-methyl/N-ethyl adjacent to an activating group) is 2. The average Bonchev–Trinajstić information content (AvgIpc) is 2.69. The Morgan fingerprint density at radius 1 is 1.57 bits per heavy atom. The summed E-state index contributed by atoms with van der Waals surface area (Å²) in [5, 5.41) is 5.59. The summed E-state index contributed by atoms with van der Waals surface area (Å²) < 4.78 is 0. The van der Waals surface area contributed by atoms with Crippen LogP contribution in [0.5, 0.6) is 0 Å². The number of hydrogen-bond acceptors (Lipinski definition) is 3. The van der Waals surface area contributed by atoms with Crippen molar-refractivity contribution in [3.8, 4) is 0 Å². The van der Waals surface area contributed by atoms with Crippen molar-refractivity contribution in [3.05, 3.63) is 0 Å². The summed E-state index contributed by atoms with van der Waals surface area (Å²) in [6.07, 6.45) is 1.90. The zero-order valence-electron chi connectivity index (χ0n) is 8.67. The lowest BCUT2D eigenvalue weighted by molar-refractivity contribution is -0.135. The molecule has 0 aromatic rings. The lowest BCUT2D eigenvalue weighted by atomic mass is 10.2. The van der Waals surface area contributed by atoms with Crippen molar-refractivity contribution in [2.45, 2.75) is 18.9 Å². The highest BCUT2D eigenvalue weighted by Crippen LogP contribution is 2.07. The third kappa shape index (κ3) is 2.70. The van der Waals surface area contributed by atoms with Gasteiger partial charge in [-0.3, -0.25) is 9.59 Å². The first-order valence-corrected chi connectivity index (χ1v) is 4.84. The van der Waals surface area contributed by atoms with Gasteiger partial charge in [0.05, 0.1) is 12.6 Å². The van der Waals surface area contributed by atoms with Gasteiger partial charge >= 0.3 is 0 Å².